The third kappa shape index (κ3) is 3.32. The van der Waals surface area contributed by atoms with Crippen molar-refractivity contribution in [2.24, 2.45) is 0 Å². The quantitative estimate of drug-likeness (QED) is 0.749. The fourth-order valence-electron chi connectivity index (χ4n) is 1.25. The van der Waals surface area contributed by atoms with Gasteiger partial charge in [-0.15, -0.1) is 0 Å². The molecule has 0 saturated heterocycles. The maximum absolute atomic E-state index is 11.9. The standard InChI is InChI=1S/C12H18O3S/c1-9-6-7-11(8-10(9)2)16(13,14)15-12(3,4)5/h6-8H,1-5H3. The predicted octanol–water partition coefficient (Wildman–Crippen LogP) is 2.81. The number of hydrogen-bond acceptors (Lipinski definition) is 3. The second kappa shape index (κ2) is 4.18. The highest BCUT2D eigenvalue weighted by Gasteiger charge is 2.23. The molecule has 0 spiro atoms. The molecule has 0 radical (unpaired) electrons. The van der Waals surface area contributed by atoms with Crippen LogP contribution in [0.1, 0.15) is 31.9 Å². The smallest absolute Gasteiger partial charge is 0.261 e. The third-order valence-electron chi connectivity index (χ3n) is 2.13. The Morgan fingerprint density at radius 3 is 2.06 bits per heavy atom. The van der Waals surface area contributed by atoms with Crippen molar-refractivity contribution in [3.63, 3.8) is 0 Å². The molecule has 1 aromatic carbocycles. The fraction of sp³-hybridized carbons (Fsp3) is 0.500. The van der Waals surface area contributed by atoms with Crippen molar-refractivity contribution >= 4 is 10.1 Å². The van der Waals surface area contributed by atoms with Gasteiger partial charge in [0, 0.05) is 0 Å². The first-order valence-corrected chi connectivity index (χ1v) is 6.55. The van der Waals surface area contributed by atoms with Crippen molar-refractivity contribution in [3.8, 4) is 0 Å². The van der Waals surface area contributed by atoms with Gasteiger partial charge in [-0.05, 0) is 57.9 Å². The summed E-state index contributed by atoms with van der Waals surface area (Å²) in [7, 11) is -3.66. The van der Waals surface area contributed by atoms with E-state index in [0.717, 1.165) is 11.1 Å². The molecule has 0 bridgehead atoms. The molecule has 0 fully saturated rings. The monoisotopic (exact) mass is 242 g/mol. The lowest BCUT2D eigenvalue weighted by Gasteiger charge is -2.19. The Morgan fingerprint density at radius 1 is 1.06 bits per heavy atom. The van der Waals surface area contributed by atoms with Crippen LogP contribution < -0.4 is 0 Å². The van der Waals surface area contributed by atoms with E-state index in [0.29, 0.717) is 0 Å². The van der Waals surface area contributed by atoms with Gasteiger partial charge in [0.2, 0.25) is 0 Å². The van der Waals surface area contributed by atoms with Gasteiger partial charge in [-0.3, -0.25) is 4.18 Å². The minimum absolute atomic E-state index is 0.213. The summed E-state index contributed by atoms with van der Waals surface area (Å²) in [6.45, 7) is 8.96. The lowest BCUT2D eigenvalue weighted by atomic mass is 10.1. The van der Waals surface area contributed by atoms with Gasteiger partial charge in [-0.1, -0.05) is 6.07 Å². The lowest BCUT2D eigenvalue weighted by Crippen LogP contribution is -2.24. The molecule has 0 amide bonds. The zero-order valence-corrected chi connectivity index (χ0v) is 11.2. The summed E-state index contributed by atoms with van der Waals surface area (Å²) in [5, 5.41) is 0. The Bertz CT molecular complexity index is 481. The zero-order valence-electron chi connectivity index (χ0n) is 10.4. The van der Waals surface area contributed by atoms with Crippen molar-refractivity contribution in [2.75, 3.05) is 0 Å². The van der Waals surface area contributed by atoms with E-state index in [2.05, 4.69) is 0 Å². The molecule has 90 valence electrons. The van der Waals surface area contributed by atoms with Gasteiger partial charge in [0.05, 0.1) is 10.5 Å². The summed E-state index contributed by atoms with van der Waals surface area (Å²) in [5.74, 6) is 0. The van der Waals surface area contributed by atoms with Gasteiger partial charge < -0.3 is 0 Å². The Labute approximate surface area is 97.6 Å². The van der Waals surface area contributed by atoms with E-state index < -0.39 is 15.7 Å². The first kappa shape index (κ1) is 13.2. The average Bonchev–Trinajstić information content (AvgIpc) is 2.05. The van der Waals surface area contributed by atoms with Crippen molar-refractivity contribution < 1.29 is 12.6 Å². The minimum atomic E-state index is -3.66. The molecule has 3 nitrogen and oxygen atoms in total. The number of hydrogen-bond donors (Lipinski definition) is 0. The van der Waals surface area contributed by atoms with Crippen LogP contribution in [0.5, 0.6) is 0 Å². The number of rotatable bonds is 2. The van der Waals surface area contributed by atoms with E-state index in [9.17, 15) is 8.42 Å². The van der Waals surface area contributed by atoms with Gasteiger partial charge in [0.1, 0.15) is 0 Å². The number of benzene rings is 1. The molecular weight excluding hydrogens is 224 g/mol. The molecule has 0 aliphatic heterocycles. The summed E-state index contributed by atoms with van der Waals surface area (Å²) in [6.07, 6.45) is 0. The lowest BCUT2D eigenvalue weighted by molar-refractivity contribution is 0.139. The molecule has 0 N–H and O–H groups in total. The molecule has 0 heterocycles. The summed E-state index contributed by atoms with van der Waals surface area (Å²) >= 11 is 0. The largest absolute Gasteiger partial charge is 0.297 e. The van der Waals surface area contributed by atoms with E-state index in [1.807, 2.05) is 13.8 Å². The molecule has 16 heavy (non-hydrogen) atoms. The average molecular weight is 242 g/mol. The summed E-state index contributed by atoms with van der Waals surface area (Å²) in [5.41, 5.74) is 1.30. The van der Waals surface area contributed by atoms with Crippen LogP contribution >= 0.6 is 0 Å². The van der Waals surface area contributed by atoms with Crippen LogP contribution in [-0.4, -0.2) is 14.0 Å². The zero-order chi connectivity index (χ0) is 12.6. The van der Waals surface area contributed by atoms with Crippen LogP contribution in [0, 0.1) is 13.8 Å². The van der Waals surface area contributed by atoms with Gasteiger partial charge in [-0.2, -0.15) is 8.42 Å². The topological polar surface area (TPSA) is 43.4 Å². The van der Waals surface area contributed by atoms with E-state index in [1.165, 1.54) is 0 Å². The third-order valence-corrected chi connectivity index (χ3v) is 3.68. The summed E-state index contributed by atoms with van der Waals surface area (Å²) in [4.78, 5) is 0.213. The summed E-state index contributed by atoms with van der Waals surface area (Å²) < 4.78 is 28.9. The predicted molar refractivity (Wildman–Crippen MR) is 63.9 cm³/mol. The van der Waals surface area contributed by atoms with Crippen molar-refractivity contribution in [2.45, 2.75) is 45.1 Å². The minimum Gasteiger partial charge on any atom is -0.261 e. The molecule has 0 aliphatic carbocycles. The van der Waals surface area contributed by atoms with E-state index in [-0.39, 0.29) is 4.90 Å². The molecule has 0 aromatic heterocycles. The molecule has 1 aromatic rings. The van der Waals surface area contributed by atoms with E-state index in [1.54, 1.807) is 39.0 Å². The van der Waals surface area contributed by atoms with Crippen LogP contribution in [0.25, 0.3) is 0 Å². The van der Waals surface area contributed by atoms with E-state index >= 15 is 0 Å². The highest BCUT2D eigenvalue weighted by Crippen LogP contribution is 2.21. The van der Waals surface area contributed by atoms with E-state index in [4.69, 9.17) is 4.18 Å². The SMILES string of the molecule is Cc1ccc(S(=O)(=O)OC(C)(C)C)cc1C. The Morgan fingerprint density at radius 2 is 1.62 bits per heavy atom. The Balaban J connectivity index is 3.13. The Kier molecular flexibility index (Phi) is 3.45. The maximum atomic E-state index is 11.9. The first-order chi connectivity index (χ1) is 7.12. The first-order valence-electron chi connectivity index (χ1n) is 5.15. The Hall–Kier alpha value is -0.870. The van der Waals surface area contributed by atoms with Crippen molar-refractivity contribution in [1.29, 1.82) is 0 Å². The van der Waals surface area contributed by atoms with Gasteiger partial charge in [-0.25, -0.2) is 0 Å². The second-order valence-electron chi connectivity index (χ2n) is 4.90. The molecule has 0 aliphatic rings. The highest BCUT2D eigenvalue weighted by molar-refractivity contribution is 7.86. The summed E-state index contributed by atoms with van der Waals surface area (Å²) in [6, 6.07) is 4.99. The normalized spacial score (nSPS) is 12.8. The second-order valence-corrected chi connectivity index (χ2v) is 6.44. The van der Waals surface area contributed by atoms with Crippen LogP contribution in [0.3, 0.4) is 0 Å². The van der Waals surface area contributed by atoms with Crippen LogP contribution in [0.15, 0.2) is 23.1 Å². The van der Waals surface area contributed by atoms with Crippen LogP contribution in [0.2, 0.25) is 0 Å². The molecule has 0 saturated carbocycles. The van der Waals surface area contributed by atoms with Crippen molar-refractivity contribution in [3.05, 3.63) is 29.3 Å². The molecule has 1 rings (SSSR count). The molecule has 0 atom stereocenters. The fourth-order valence-corrected chi connectivity index (χ4v) is 2.56. The van der Waals surface area contributed by atoms with Crippen LogP contribution in [0.4, 0.5) is 0 Å². The van der Waals surface area contributed by atoms with Gasteiger partial charge in [0.25, 0.3) is 10.1 Å². The molecule has 0 unspecified atom stereocenters. The molecular formula is C12H18O3S. The van der Waals surface area contributed by atoms with Crippen molar-refractivity contribution in [1.82, 2.24) is 0 Å². The van der Waals surface area contributed by atoms with Gasteiger partial charge in [0.15, 0.2) is 0 Å². The van der Waals surface area contributed by atoms with Crippen LogP contribution in [-0.2, 0) is 14.3 Å². The maximum Gasteiger partial charge on any atom is 0.297 e. The molecule has 4 heteroatoms. The highest BCUT2D eigenvalue weighted by atomic mass is 32.2. The number of aryl methyl sites for hydroxylation is 2. The van der Waals surface area contributed by atoms with Gasteiger partial charge >= 0.3 is 0 Å².